The van der Waals surface area contributed by atoms with Gasteiger partial charge >= 0.3 is 5.63 Å². The Morgan fingerprint density at radius 1 is 0.865 bits per heavy atom. The van der Waals surface area contributed by atoms with Crippen LogP contribution in [0.15, 0.2) is 69.9 Å². The minimum absolute atomic E-state index is 0.247. The molecule has 2 atom stereocenters. The number of hydrogen-bond acceptors (Lipinski definition) is 5. The van der Waals surface area contributed by atoms with E-state index in [1.54, 1.807) is 0 Å². The molecule has 0 saturated carbocycles. The summed E-state index contributed by atoms with van der Waals surface area (Å²) in [6.07, 6.45) is 0. The summed E-state index contributed by atoms with van der Waals surface area (Å²) >= 11 is 0. The summed E-state index contributed by atoms with van der Waals surface area (Å²) in [4.78, 5) is 33.0. The van der Waals surface area contributed by atoms with Crippen molar-refractivity contribution in [2.75, 3.05) is 18.0 Å². The normalized spacial score (nSPS) is 16.8. The molecule has 0 saturated heterocycles. The molecule has 37 heavy (non-hydrogen) atoms. The van der Waals surface area contributed by atoms with Crippen molar-refractivity contribution in [3.8, 4) is 0 Å². The van der Waals surface area contributed by atoms with E-state index >= 15 is 0 Å². The zero-order valence-corrected chi connectivity index (χ0v) is 21.0. The minimum atomic E-state index is -0.381. The molecule has 7 nitrogen and oxygen atoms in total. The molecule has 0 radical (unpaired) electrons. The highest BCUT2D eigenvalue weighted by atomic mass is 16.4. The zero-order chi connectivity index (χ0) is 25.3. The number of anilines is 1. The number of aromatic amines is 2. The van der Waals surface area contributed by atoms with E-state index in [-0.39, 0.29) is 17.5 Å². The first-order valence-corrected chi connectivity index (χ1v) is 12.8. The quantitative estimate of drug-likeness (QED) is 0.291. The molecule has 0 spiro atoms. The van der Waals surface area contributed by atoms with Gasteiger partial charge in [-0.3, -0.25) is 0 Å². The minimum Gasteiger partial charge on any atom is -0.422 e. The largest absolute Gasteiger partial charge is 0.422 e. The van der Waals surface area contributed by atoms with Crippen LogP contribution in [0.2, 0.25) is 0 Å². The number of aryl methyl sites for hydroxylation is 1. The number of rotatable bonds is 5. The molecule has 2 bridgehead atoms. The Balaban J connectivity index is 1.58. The summed E-state index contributed by atoms with van der Waals surface area (Å²) in [7, 11) is 0. The maximum absolute atomic E-state index is 13.6. The number of nitrogens with one attached hydrogen (secondary N) is 2. The summed E-state index contributed by atoms with van der Waals surface area (Å²) in [6, 6.07) is 20.2. The predicted molar refractivity (Wildman–Crippen MR) is 147 cm³/mol. The lowest BCUT2D eigenvalue weighted by Crippen LogP contribution is -2.29. The first-order chi connectivity index (χ1) is 18.1. The number of benzene rings is 3. The van der Waals surface area contributed by atoms with Crippen molar-refractivity contribution in [1.29, 1.82) is 0 Å². The van der Waals surface area contributed by atoms with E-state index in [4.69, 9.17) is 14.4 Å². The molecule has 184 valence electrons. The molecular weight excluding hydrogens is 462 g/mol. The smallest absolute Gasteiger partial charge is 0.340 e. The third-order valence-electron chi connectivity index (χ3n) is 7.83. The summed E-state index contributed by atoms with van der Waals surface area (Å²) in [5.74, 6) is 0.924. The molecule has 7 rings (SSSR count). The van der Waals surface area contributed by atoms with E-state index in [2.05, 4.69) is 34.8 Å². The average Bonchev–Trinajstić information content (AvgIpc) is 3.52. The van der Waals surface area contributed by atoms with E-state index in [0.29, 0.717) is 11.1 Å². The van der Waals surface area contributed by atoms with E-state index in [0.717, 1.165) is 69.0 Å². The highest BCUT2D eigenvalue weighted by Gasteiger charge is 2.41. The number of aromatic nitrogens is 4. The fourth-order valence-corrected chi connectivity index (χ4v) is 6.11. The molecule has 7 heteroatoms. The molecule has 3 aromatic heterocycles. The second-order valence-electron chi connectivity index (χ2n) is 9.74. The van der Waals surface area contributed by atoms with Crippen LogP contribution in [0, 0.1) is 6.92 Å². The van der Waals surface area contributed by atoms with Gasteiger partial charge < -0.3 is 19.3 Å². The fourth-order valence-electron chi connectivity index (χ4n) is 6.11. The van der Waals surface area contributed by atoms with Gasteiger partial charge in [0.1, 0.15) is 17.2 Å². The zero-order valence-electron chi connectivity index (χ0n) is 21.0. The molecule has 6 aromatic rings. The third kappa shape index (κ3) is 3.16. The lowest BCUT2D eigenvalue weighted by molar-refractivity contribution is 0.516. The first kappa shape index (κ1) is 21.9. The van der Waals surface area contributed by atoms with Gasteiger partial charge in [-0.25, -0.2) is 14.8 Å². The molecule has 1 aliphatic carbocycles. The van der Waals surface area contributed by atoms with Gasteiger partial charge in [0.05, 0.1) is 39.5 Å². The van der Waals surface area contributed by atoms with Crippen LogP contribution in [-0.4, -0.2) is 33.0 Å². The number of H-pyrrole nitrogens is 2. The lowest BCUT2D eigenvalue weighted by Gasteiger charge is -2.33. The summed E-state index contributed by atoms with van der Waals surface area (Å²) < 4.78 is 6.00. The van der Waals surface area contributed by atoms with Crippen molar-refractivity contribution in [1.82, 2.24) is 19.9 Å². The van der Waals surface area contributed by atoms with Crippen LogP contribution in [-0.2, 0) is 0 Å². The van der Waals surface area contributed by atoms with E-state index in [1.165, 1.54) is 0 Å². The molecule has 2 N–H and O–H groups in total. The van der Waals surface area contributed by atoms with E-state index in [9.17, 15) is 4.79 Å². The van der Waals surface area contributed by atoms with Gasteiger partial charge in [-0.15, -0.1) is 0 Å². The van der Waals surface area contributed by atoms with E-state index < -0.39 is 0 Å². The van der Waals surface area contributed by atoms with Gasteiger partial charge in [-0.2, -0.15) is 0 Å². The number of hydrogen-bond donors (Lipinski definition) is 2. The van der Waals surface area contributed by atoms with Gasteiger partial charge in [-0.05, 0) is 62.2 Å². The topological polar surface area (TPSA) is 90.8 Å². The Bertz CT molecular complexity index is 1810. The second kappa shape index (κ2) is 8.06. The molecule has 3 heterocycles. The molecule has 0 amide bonds. The maximum atomic E-state index is 13.6. The summed E-state index contributed by atoms with van der Waals surface area (Å²) in [6.45, 7) is 8.01. The van der Waals surface area contributed by atoms with Crippen molar-refractivity contribution in [2.24, 2.45) is 0 Å². The Labute approximate surface area is 213 Å². The highest BCUT2D eigenvalue weighted by molar-refractivity contribution is 5.91. The molecule has 2 unspecified atom stereocenters. The molecule has 0 aliphatic heterocycles. The third-order valence-corrected chi connectivity index (χ3v) is 7.83. The molecular formula is C30H27N5O2. The molecule has 0 fully saturated rings. The predicted octanol–water partition coefficient (Wildman–Crippen LogP) is 5.98. The van der Waals surface area contributed by atoms with Crippen LogP contribution < -0.4 is 10.5 Å². The van der Waals surface area contributed by atoms with Gasteiger partial charge in [0, 0.05) is 30.2 Å². The van der Waals surface area contributed by atoms with Crippen molar-refractivity contribution < 1.29 is 4.42 Å². The van der Waals surface area contributed by atoms with Crippen LogP contribution in [0.4, 0.5) is 5.69 Å². The fraction of sp³-hybridized carbons (Fsp3) is 0.233. The van der Waals surface area contributed by atoms with Crippen molar-refractivity contribution in [3.05, 3.63) is 99.4 Å². The van der Waals surface area contributed by atoms with Gasteiger partial charge in [0.25, 0.3) is 0 Å². The average molecular weight is 490 g/mol. The van der Waals surface area contributed by atoms with E-state index in [1.807, 2.05) is 61.5 Å². The summed E-state index contributed by atoms with van der Waals surface area (Å²) in [5.41, 5.74) is 7.69. The Morgan fingerprint density at radius 3 is 2.05 bits per heavy atom. The van der Waals surface area contributed by atoms with Crippen molar-refractivity contribution in [2.45, 2.75) is 32.6 Å². The second-order valence-corrected chi connectivity index (χ2v) is 9.74. The molecule has 3 aromatic carbocycles. The maximum Gasteiger partial charge on any atom is 0.340 e. The van der Waals surface area contributed by atoms with Crippen LogP contribution in [0.1, 0.15) is 54.0 Å². The number of nitrogens with zero attached hydrogens (tertiary/aromatic N) is 3. The summed E-state index contributed by atoms with van der Waals surface area (Å²) in [5, 5.41) is 0.989. The lowest BCUT2D eigenvalue weighted by atomic mass is 9.73. The monoisotopic (exact) mass is 489 g/mol. The van der Waals surface area contributed by atoms with Crippen LogP contribution >= 0.6 is 0 Å². The van der Waals surface area contributed by atoms with Gasteiger partial charge in [-0.1, -0.05) is 24.3 Å². The Kier molecular flexibility index (Phi) is 4.76. The number of imidazole rings is 2. The number of fused-ring (bicyclic) bond motifs is 3. The highest BCUT2D eigenvalue weighted by Crippen LogP contribution is 2.50. The van der Waals surface area contributed by atoms with Crippen molar-refractivity contribution in [3.63, 3.8) is 0 Å². The van der Waals surface area contributed by atoms with Crippen molar-refractivity contribution >= 4 is 38.7 Å². The Morgan fingerprint density at radius 2 is 1.46 bits per heavy atom. The van der Waals surface area contributed by atoms with Crippen LogP contribution in [0.3, 0.4) is 0 Å². The van der Waals surface area contributed by atoms with Crippen LogP contribution in [0.5, 0.6) is 0 Å². The number of para-hydroxylation sites is 4. The van der Waals surface area contributed by atoms with Gasteiger partial charge in [0.2, 0.25) is 0 Å². The SMILES string of the molecule is CCN(CC)c1cc2c3c(C)c(c(=O)oc3c1)C(c1nc3ccccc3[nH]1)C2c1nc2ccccc2[nH]1. The molecule has 1 aliphatic rings. The first-order valence-electron chi connectivity index (χ1n) is 12.8. The Hall–Kier alpha value is -4.39. The standard InChI is InChI=1S/C30H27N5O2/c1-4-35(5-2)17-14-18-24-16(3)25(30(36)37-23(24)15-17)27(29-33-21-12-8-9-13-22(21)34-29)26(18)28-31-19-10-6-7-11-20(19)32-28/h6-15,26-27H,4-5H2,1-3H3,(H,31,32)(H,33,34). The van der Waals surface area contributed by atoms with Crippen LogP contribution in [0.25, 0.3) is 33.0 Å². The van der Waals surface area contributed by atoms with Gasteiger partial charge in [0.15, 0.2) is 0 Å².